The van der Waals surface area contributed by atoms with Gasteiger partial charge in [-0.3, -0.25) is 19.2 Å². The minimum atomic E-state index is -0.780. The van der Waals surface area contributed by atoms with E-state index in [-0.39, 0.29) is 79.1 Å². The standard InChI is InChI=1S/C28H43N5O5/c1-17(2)22-11-6-18(3)13-25(35)31-23(14-19-7-9-21(34)10-8-19)27(37)30-12-4-5-26(36)33-16-20(29)15-24(33)28(38)32-22/h7-10,17-18,20,22-24,34H,4-6,11-16,29H2,1-3H3,(H,30,37)(H,31,35)(H,32,38)/t18-,20-,22+,23+,24+/m1/s1. The smallest absolute Gasteiger partial charge is 0.243 e. The second-order valence-corrected chi connectivity index (χ2v) is 11.2. The lowest BCUT2D eigenvalue weighted by molar-refractivity contribution is -0.139. The predicted molar refractivity (Wildman–Crippen MR) is 144 cm³/mol. The van der Waals surface area contributed by atoms with E-state index in [2.05, 4.69) is 16.0 Å². The first kappa shape index (κ1) is 29.4. The molecule has 0 aliphatic carbocycles. The van der Waals surface area contributed by atoms with Gasteiger partial charge < -0.3 is 31.7 Å². The number of nitrogens with two attached hydrogens (primary N) is 1. The molecule has 0 saturated carbocycles. The minimum Gasteiger partial charge on any atom is -0.508 e. The van der Waals surface area contributed by atoms with Crippen molar-refractivity contribution in [3.05, 3.63) is 29.8 Å². The number of phenols is 1. The molecule has 5 atom stereocenters. The molecule has 2 aliphatic heterocycles. The molecule has 0 unspecified atom stereocenters. The zero-order valence-electron chi connectivity index (χ0n) is 22.7. The molecule has 0 spiro atoms. The van der Waals surface area contributed by atoms with Crippen LogP contribution in [0.5, 0.6) is 5.75 Å². The van der Waals surface area contributed by atoms with Gasteiger partial charge in [0.2, 0.25) is 23.6 Å². The van der Waals surface area contributed by atoms with E-state index < -0.39 is 12.1 Å². The first-order valence-electron chi connectivity index (χ1n) is 13.7. The third kappa shape index (κ3) is 8.44. The van der Waals surface area contributed by atoms with Crippen molar-refractivity contribution in [2.45, 2.75) is 89.9 Å². The molecule has 2 aliphatic rings. The highest BCUT2D eigenvalue weighted by Crippen LogP contribution is 2.21. The molecule has 210 valence electrons. The highest BCUT2D eigenvalue weighted by atomic mass is 16.3. The average molecular weight is 530 g/mol. The van der Waals surface area contributed by atoms with Crippen LogP contribution in [0.25, 0.3) is 0 Å². The Hall–Kier alpha value is -3.14. The average Bonchev–Trinajstić information content (AvgIpc) is 3.26. The number of amides is 4. The van der Waals surface area contributed by atoms with Crippen molar-refractivity contribution in [3.63, 3.8) is 0 Å². The summed E-state index contributed by atoms with van der Waals surface area (Å²) in [5.74, 6) is -0.520. The second-order valence-electron chi connectivity index (χ2n) is 11.2. The van der Waals surface area contributed by atoms with Crippen LogP contribution in [0.4, 0.5) is 0 Å². The number of carbonyl (C=O) groups excluding carboxylic acids is 4. The van der Waals surface area contributed by atoms with Crippen LogP contribution < -0.4 is 21.7 Å². The van der Waals surface area contributed by atoms with E-state index in [0.717, 1.165) is 12.0 Å². The van der Waals surface area contributed by atoms with Crippen LogP contribution in [-0.2, 0) is 25.6 Å². The summed E-state index contributed by atoms with van der Waals surface area (Å²) < 4.78 is 0. The van der Waals surface area contributed by atoms with Crippen LogP contribution in [0.1, 0.15) is 64.9 Å². The summed E-state index contributed by atoms with van der Waals surface area (Å²) in [6, 6.07) is 4.82. The molecule has 3 rings (SSSR count). The molecule has 1 aromatic carbocycles. The number of benzene rings is 1. The molecule has 2 fully saturated rings. The second kappa shape index (κ2) is 13.6. The fourth-order valence-electron chi connectivity index (χ4n) is 5.17. The van der Waals surface area contributed by atoms with E-state index in [1.54, 1.807) is 29.2 Å². The first-order valence-corrected chi connectivity index (χ1v) is 13.7. The monoisotopic (exact) mass is 529 g/mol. The largest absolute Gasteiger partial charge is 0.508 e. The van der Waals surface area contributed by atoms with Gasteiger partial charge in [-0.05, 0) is 55.2 Å². The Morgan fingerprint density at radius 3 is 2.45 bits per heavy atom. The van der Waals surface area contributed by atoms with Gasteiger partial charge in [0.15, 0.2) is 0 Å². The maximum Gasteiger partial charge on any atom is 0.243 e. The topological polar surface area (TPSA) is 154 Å². The van der Waals surface area contributed by atoms with Gasteiger partial charge in [0.1, 0.15) is 17.8 Å². The normalized spacial score (nSPS) is 28.7. The lowest BCUT2D eigenvalue weighted by Gasteiger charge is -2.29. The summed E-state index contributed by atoms with van der Waals surface area (Å²) in [6.45, 7) is 6.68. The van der Waals surface area contributed by atoms with Crippen molar-refractivity contribution < 1.29 is 24.3 Å². The van der Waals surface area contributed by atoms with Gasteiger partial charge in [0.25, 0.3) is 0 Å². The highest BCUT2D eigenvalue weighted by Gasteiger charge is 2.38. The molecule has 10 nitrogen and oxygen atoms in total. The predicted octanol–water partition coefficient (Wildman–Crippen LogP) is 1.20. The molecule has 1 aromatic rings. The lowest BCUT2D eigenvalue weighted by atomic mass is 9.92. The number of carbonyl (C=O) groups is 4. The Kier molecular flexibility index (Phi) is 10.5. The number of hydrogen-bond acceptors (Lipinski definition) is 6. The summed E-state index contributed by atoms with van der Waals surface area (Å²) in [5.41, 5.74) is 6.94. The van der Waals surface area contributed by atoms with Crippen LogP contribution >= 0.6 is 0 Å². The van der Waals surface area contributed by atoms with E-state index in [1.165, 1.54) is 0 Å². The summed E-state index contributed by atoms with van der Waals surface area (Å²) in [7, 11) is 0. The fraction of sp³-hybridized carbons (Fsp3) is 0.643. The summed E-state index contributed by atoms with van der Waals surface area (Å²) in [5, 5.41) is 18.4. The molecule has 0 aromatic heterocycles. The molecule has 10 heteroatoms. The van der Waals surface area contributed by atoms with Gasteiger partial charge in [-0.15, -0.1) is 0 Å². The Bertz CT molecular complexity index is 982. The van der Waals surface area contributed by atoms with E-state index >= 15 is 0 Å². The third-order valence-corrected chi connectivity index (χ3v) is 7.49. The maximum absolute atomic E-state index is 13.2. The third-order valence-electron chi connectivity index (χ3n) is 7.49. The summed E-state index contributed by atoms with van der Waals surface area (Å²) in [4.78, 5) is 53.7. The molecular weight excluding hydrogens is 486 g/mol. The van der Waals surface area contributed by atoms with Gasteiger partial charge in [-0.25, -0.2) is 0 Å². The van der Waals surface area contributed by atoms with Gasteiger partial charge in [0, 0.05) is 44.4 Å². The van der Waals surface area contributed by atoms with Crippen LogP contribution in [0.2, 0.25) is 0 Å². The Labute approximate surface area is 225 Å². The fourth-order valence-corrected chi connectivity index (χ4v) is 5.17. The summed E-state index contributed by atoms with van der Waals surface area (Å²) >= 11 is 0. The van der Waals surface area contributed by atoms with Gasteiger partial charge in [0.05, 0.1) is 0 Å². The van der Waals surface area contributed by atoms with Crippen LogP contribution in [-0.4, -0.2) is 70.9 Å². The maximum atomic E-state index is 13.2. The Balaban J connectivity index is 1.76. The van der Waals surface area contributed by atoms with Gasteiger partial charge in [-0.1, -0.05) is 32.9 Å². The van der Waals surface area contributed by atoms with Crippen LogP contribution in [0.3, 0.4) is 0 Å². The number of fused-ring (bicyclic) bond motifs is 1. The number of hydrogen-bond donors (Lipinski definition) is 5. The highest BCUT2D eigenvalue weighted by molar-refractivity contribution is 5.89. The van der Waals surface area contributed by atoms with E-state index in [1.807, 2.05) is 20.8 Å². The molecule has 2 heterocycles. The van der Waals surface area contributed by atoms with Crippen molar-refractivity contribution in [1.29, 1.82) is 0 Å². The van der Waals surface area contributed by atoms with E-state index in [9.17, 15) is 24.3 Å². The Morgan fingerprint density at radius 2 is 1.76 bits per heavy atom. The number of rotatable bonds is 3. The van der Waals surface area contributed by atoms with Crippen molar-refractivity contribution in [2.24, 2.45) is 17.6 Å². The van der Waals surface area contributed by atoms with Gasteiger partial charge >= 0.3 is 0 Å². The van der Waals surface area contributed by atoms with Crippen LogP contribution in [0, 0.1) is 11.8 Å². The molecule has 0 radical (unpaired) electrons. The Morgan fingerprint density at radius 1 is 1.05 bits per heavy atom. The number of nitrogens with zero attached hydrogens (tertiary/aromatic N) is 1. The molecule has 2 saturated heterocycles. The van der Waals surface area contributed by atoms with Crippen molar-refractivity contribution in [3.8, 4) is 5.75 Å². The van der Waals surface area contributed by atoms with Crippen molar-refractivity contribution >= 4 is 23.6 Å². The lowest BCUT2D eigenvalue weighted by Crippen LogP contribution is -2.50. The SMILES string of the molecule is CC(C)[C@@H]1CC[C@@H](C)CC(=O)N[C@@H](Cc2ccc(O)cc2)C(=O)NCCCC(=O)N2C[C@H](N)C[C@H]2C(=O)N1. The van der Waals surface area contributed by atoms with Gasteiger partial charge in [-0.2, -0.15) is 0 Å². The molecule has 6 N–H and O–H groups in total. The zero-order valence-corrected chi connectivity index (χ0v) is 22.7. The minimum absolute atomic E-state index is 0.0439. The molecular formula is C28H43N5O5. The first-order chi connectivity index (χ1) is 18.0. The molecule has 0 bridgehead atoms. The number of aromatic hydroxyl groups is 1. The van der Waals surface area contributed by atoms with Crippen molar-refractivity contribution in [2.75, 3.05) is 13.1 Å². The zero-order chi connectivity index (χ0) is 27.8. The van der Waals surface area contributed by atoms with E-state index in [0.29, 0.717) is 25.8 Å². The van der Waals surface area contributed by atoms with Crippen LogP contribution in [0.15, 0.2) is 24.3 Å². The number of nitrogens with one attached hydrogen (secondary N) is 3. The quantitative estimate of drug-likeness (QED) is 0.397. The summed E-state index contributed by atoms with van der Waals surface area (Å²) in [6.07, 6.45) is 2.96. The number of phenolic OH excluding ortho intramolecular Hbond substituents is 1. The van der Waals surface area contributed by atoms with Crippen molar-refractivity contribution in [1.82, 2.24) is 20.9 Å². The van der Waals surface area contributed by atoms with E-state index in [4.69, 9.17) is 5.73 Å². The molecule has 38 heavy (non-hydrogen) atoms. The molecule has 4 amide bonds.